The highest BCUT2D eigenvalue weighted by Crippen LogP contribution is 2.23. The summed E-state index contributed by atoms with van der Waals surface area (Å²) in [5, 5.41) is 1.84. The summed E-state index contributed by atoms with van der Waals surface area (Å²) in [7, 11) is -3.64. The average Bonchev–Trinajstić information content (AvgIpc) is 2.77. The molecule has 1 aliphatic heterocycles. The summed E-state index contributed by atoms with van der Waals surface area (Å²) in [4.78, 5) is 14.2. The fourth-order valence-corrected chi connectivity index (χ4v) is 4.91. The Morgan fingerprint density at radius 1 is 0.900 bits per heavy atom. The molecule has 6 nitrogen and oxygen atoms in total. The fraction of sp³-hybridized carbons (Fsp3) is 0.227. The molecule has 1 heterocycles. The predicted molar refractivity (Wildman–Crippen MR) is 111 cm³/mol. The first-order chi connectivity index (χ1) is 14.4. The Bertz CT molecular complexity index is 1170. The van der Waals surface area contributed by atoms with Crippen molar-refractivity contribution < 1.29 is 22.3 Å². The largest absolute Gasteiger partial charge is 0.484 e. The van der Waals surface area contributed by atoms with E-state index in [9.17, 15) is 17.6 Å². The molecular weight excluding hydrogens is 407 g/mol. The summed E-state index contributed by atoms with van der Waals surface area (Å²) in [5.41, 5.74) is 0. The molecule has 1 saturated heterocycles. The van der Waals surface area contributed by atoms with Crippen LogP contribution in [0.1, 0.15) is 0 Å². The lowest BCUT2D eigenvalue weighted by molar-refractivity contribution is -0.134. The van der Waals surface area contributed by atoms with Crippen molar-refractivity contribution in [3.8, 4) is 5.75 Å². The standard InChI is InChI=1S/C22H21FN2O4S/c23-19-6-3-7-20(15-19)29-16-22(26)24-10-12-25(13-11-24)30(27,28)21-9-8-17-4-1-2-5-18(17)14-21/h1-9,14-15H,10-13,16H2. The molecule has 0 spiro atoms. The molecule has 8 heteroatoms. The van der Waals surface area contributed by atoms with Gasteiger partial charge in [-0.3, -0.25) is 4.79 Å². The van der Waals surface area contributed by atoms with Crippen molar-refractivity contribution in [3.05, 3.63) is 72.5 Å². The highest BCUT2D eigenvalue weighted by atomic mass is 32.2. The van der Waals surface area contributed by atoms with Crippen LogP contribution in [0.5, 0.6) is 5.75 Å². The van der Waals surface area contributed by atoms with Crippen LogP contribution in [0, 0.1) is 5.82 Å². The van der Waals surface area contributed by atoms with Crippen molar-refractivity contribution >= 4 is 26.7 Å². The number of carbonyl (C=O) groups is 1. The van der Waals surface area contributed by atoms with Gasteiger partial charge in [0.05, 0.1) is 4.90 Å². The number of benzene rings is 3. The van der Waals surface area contributed by atoms with E-state index < -0.39 is 15.8 Å². The van der Waals surface area contributed by atoms with Crippen molar-refractivity contribution in [1.29, 1.82) is 0 Å². The third-order valence-corrected chi connectivity index (χ3v) is 7.00. The van der Waals surface area contributed by atoms with E-state index in [-0.39, 0.29) is 49.3 Å². The number of amides is 1. The molecule has 1 fully saturated rings. The zero-order valence-corrected chi connectivity index (χ0v) is 17.0. The Morgan fingerprint density at radius 3 is 2.37 bits per heavy atom. The summed E-state index contributed by atoms with van der Waals surface area (Å²) in [5.74, 6) is -0.421. The van der Waals surface area contributed by atoms with Crippen molar-refractivity contribution in [1.82, 2.24) is 9.21 Å². The van der Waals surface area contributed by atoms with Crippen LogP contribution in [0.3, 0.4) is 0 Å². The first-order valence-electron chi connectivity index (χ1n) is 9.58. The van der Waals surface area contributed by atoms with Crippen molar-refractivity contribution in [2.75, 3.05) is 32.8 Å². The molecular formula is C22H21FN2O4S. The van der Waals surface area contributed by atoms with E-state index in [1.54, 1.807) is 29.2 Å². The predicted octanol–water partition coefficient (Wildman–Crippen LogP) is 2.89. The monoisotopic (exact) mass is 428 g/mol. The first-order valence-corrected chi connectivity index (χ1v) is 11.0. The maximum absolute atomic E-state index is 13.2. The number of rotatable bonds is 5. The van der Waals surface area contributed by atoms with Crippen LogP contribution in [-0.2, 0) is 14.8 Å². The van der Waals surface area contributed by atoms with Gasteiger partial charge in [-0.1, -0.05) is 36.4 Å². The minimum atomic E-state index is -3.64. The number of hydrogen-bond acceptors (Lipinski definition) is 4. The van der Waals surface area contributed by atoms with Crippen LogP contribution in [0.4, 0.5) is 4.39 Å². The average molecular weight is 428 g/mol. The van der Waals surface area contributed by atoms with Crippen LogP contribution >= 0.6 is 0 Å². The number of fused-ring (bicyclic) bond motifs is 1. The van der Waals surface area contributed by atoms with E-state index in [1.165, 1.54) is 22.5 Å². The van der Waals surface area contributed by atoms with Crippen LogP contribution in [0.15, 0.2) is 71.6 Å². The summed E-state index contributed by atoms with van der Waals surface area (Å²) >= 11 is 0. The van der Waals surface area contributed by atoms with Gasteiger partial charge in [-0.05, 0) is 35.0 Å². The van der Waals surface area contributed by atoms with E-state index in [0.29, 0.717) is 0 Å². The van der Waals surface area contributed by atoms with Crippen molar-refractivity contribution in [2.24, 2.45) is 0 Å². The Hall–Kier alpha value is -2.97. The fourth-order valence-electron chi connectivity index (χ4n) is 3.45. The van der Waals surface area contributed by atoms with Crippen LogP contribution in [0.25, 0.3) is 10.8 Å². The van der Waals surface area contributed by atoms with Gasteiger partial charge in [-0.25, -0.2) is 12.8 Å². The maximum atomic E-state index is 13.2. The van der Waals surface area contributed by atoms with Gasteiger partial charge in [-0.2, -0.15) is 4.31 Å². The van der Waals surface area contributed by atoms with Crippen molar-refractivity contribution in [2.45, 2.75) is 4.90 Å². The second kappa shape index (κ2) is 8.41. The SMILES string of the molecule is O=C(COc1cccc(F)c1)N1CCN(S(=O)(=O)c2ccc3ccccc3c2)CC1. The Kier molecular flexibility index (Phi) is 5.69. The number of carbonyl (C=O) groups excluding carboxylic acids is 1. The van der Waals surface area contributed by atoms with E-state index in [0.717, 1.165) is 10.8 Å². The Morgan fingerprint density at radius 2 is 1.63 bits per heavy atom. The summed E-state index contributed by atoms with van der Waals surface area (Å²) < 4.78 is 46.0. The molecule has 4 rings (SSSR count). The topological polar surface area (TPSA) is 66.9 Å². The van der Waals surface area contributed by atoms with E-state index >= 15 is 0 Å². The quantitative estimate of drug-likeness (QED) is 0.627. The van der Waals surface area contributed by atoms with Gasteiger partial charge in [-0.15, -0.1) is 0 Å². The molecule has 30 heavy (non-hydrogen) atoms. The molecule has 3 aromatic rings. The molecule has 0 saturated carbocycles. The second-order valence-electron chi connectivity index (χ2n) is 7.04. The summed E-state index contributed by atoms with van der Waals surface area (Å²) in [6.07, 6.45) is 0. The van der Waals surface area contributed by atoms with Crippen LogP contribution in [-0.4, -0.2) is 56.3 Å². The third-order valence-electron chi connectivity index (χ3n) is 5.11. The zero-order chi connectivity index (χ0) is 21.1. The third kappa shape index (κ3) is 4.29. The molecule has 0 aromatic heterocycles. The molecule has 1 amide bonds. The minimum absolute atomic E-state index is 0.209. The number of halogens is 1. The highest BCUT2D eigenvalue weighted by Gasteiger charge is 2.30. The second-order valence-corrected chi connectivity index (χ2v) is 8.98. The molecule has 3 aromatic carbocycles. The summed E-state index contributed by atoms with van der Waals surface area (Å²) in [6.45, 7) is 0.749. The number of nitrogens with zero attached hydrogens (tertiary/aromatic N) is 2. The minimum Gasteiger partial charge on any atom is -0.484 e. The van der Waals surface area contributed by atoms with Gasteiger partial charge in [0.1, 0.15) is 11.6 Å². The lowest BCUT2D eigenvalue weighted by Crippen LogP contribution is -2.51. The number of sulfonamides is 1. The Balaban J connectivity index is 1.37. The number of hydrogen-bond donors (Lipinski definition) is 0. The number of ether oxygens (including phenoxy) is 1. The Labute approximate surface area is 174 Å². The lowest BCUT2D eigenvalue weighted by Gasteiger charge is -2.34. The van der Waals surface area contributed by atoms with Gasteiger partial charge in [0.15, 0.2) is 6.61 Å². The van der Waals surface area contributed by atoms with Crippen molar-refractivity contribution in [3.63, 3.8) is 0 Å². The van der Waals surface area contributed by atoms with Gasteiger partial charge < -0.3 is 9.64 Å². The molecule has 0 aliphatic carbocycles. The van der Waals surface area contributed by atoms with E-state index in [2.05, 4.69) is 0 Å². The molecule has 0 radical (unpaired) electrons. The highest BCUT2D eigenvalue weighted by molar-refractivity contribution is 7.89. The summed E-state index contributed by atoms with van der Waals surface area (Å²) in [6, 6.07) is 18.3. The molecule has 0 atom stereocenters. The molecule has 0 unspecified atom stereocenters. The first kappa shape index (κ1) is 20.3. The van der Waals surface area contributed by atoms with E-state index in [1.807, 2.05) is 24.3 Å². The lowest BCUT2D eigenvalue weighted by atomic mass is 10.1. The van der Waals surface area contributed by atoms with Gasteiger partial charge in [0, 0.05) is 32.2 Å². The molecule has 1 aliphatic rings. The van der Waals surface area contributed by atoms with Crippen LogP contribution < -0.4 is 4.74 Å². The molecule has 156 valence electrons. The van der Waals surface area contributed by atoms with Gasteiger partial charge in [0.25, 0.3) is 5.91 Å². The van der Waals surface area contributed by atoms with Crippen LogP contribution in [0.2, 0.25) is 0 Å². The molecule has 0 N–H and O–H groups in total. The maximum Gasteiger partial charge on any atom is 0.260 e. The van der Waals surface area contributed by atoms with Gasteiger partial charge in [0.2, 0.25) is 10.0 Å². The van der Waals surface area contributed by atoms with E-state index in [4.69, 9.17) is 4.74 Å². The zero-order valence-electron chi connectivity index (χ0n) is 16.2. The normalized spacial score (nSPS) is 15.3. The number of piperazine rings is 1. The van der Waals surface area contributed by atoms with Gasteiger partial charge >= 0.3 is 0 Å². The smallest absolute Gasteiger partial charge is 0.260 e. The molecule has 0 bridgehead atoms.